The van der Waals surface area contributed by atoms with E-state index < -0.39 is 18.1 Å². The first kappa shape index (κ1) is 19.5. The lowest BCUT2D eigenvalue weighted by molar-refractivity contribution is -0.155. The molecule has 1 atom stereocenters. The summed E-state index contributed by atoms with van der Waals surface area (Å²) in [7, 11) is 0. The fraction of sp³-hybridized carbons (Fsp3) is 0.263. The number of benzene rings is 1. The molecule has 1 aromatic carbocycles. The molecule has 0 aliphatic heterocycles. The van der Waals surface area contributed by atoms with Crippen LogP contribution in [0.4, 0.5) is 13.2 Å². The Bertz CT molecular complexity index is 897. The SMILES string of the molecule is O=C(N[C@@H](c1cccnc1)C(F)(F)F)c1cn(CCCc2ccccc2)nn1. The molecule has 0 spiro atoms. The monoisotopic (exact) mass is 389 g/mol. The molecule has 0 unspecified atom stereocenters. The molecule has 1 amide bonds. The molecular formula is C19H18F3N5O. The second-order valence-electron chi connectivity index (χ2n) is 6.19. The van der Waals surface area contributed by atoms with E-state index >= 15 is 0 Å². The number of hydrogen-bond acceptors (Lipinski definition) is 4. The fourth-order valence-corrected chi connectivity index (χ4v) is 2.71. The molecule has 0 aliphatic rings. The Kier molecular flexibility index (Phi) is 6.03. The van der Waals surface area contributed by atoms with Gasteiger partial charge < -0.3 is 5.32 Å². The van der Waals surface area contributed by atoms with Crippen molar-refractivity contribution in [2.45, 2.75) is 31.6 Å². The number of nitrogens with zero attached hydrogens (tertiary/aromatic N) is 4. The molecule has 9 heteroatoms. The summed E-state index contributed by atoms with van der Waals surface area (Å²) in [5.74, 6) is -0.944. The quantitative estimate of drug-likeness (QED) is 0.673. The van der Waals surface area contributed by atoms with Crippen LogP contribution in [0.15, 0.2) is 61.1 Å². The lowest BCUT2D eigenvalue weighted by Crippen LogP contribution is -2.38. The number of carbonyl (C=O) groups is 1. The van der Waals surface area contributed by atoms with E-state index in [0.717, 1.165) is 19.0 Å². The third-order valence-electron chi connectivity index (χ3n) is 4.09. The average Bonchev–Trinajstić information content (AvgIpc) is 3.16. The normalized spacial score (nSPS) is 12.5. The van der Waals surface area contributed by atoms with Crippen LogP contribution in [0, 0.1) is 0 Å². The Morgan fingerprint density at radius 2 is 1.93 bits per heavy atom. The van der Waals surface area contributed by atoms with Gasteiger partial charge in [-0.05, 0) is 24.5 Å². The highest BCUT2D eigenvalue weighted by molar-refractivity contribution is 5.92. The van der Waals surface area contributed by atoms with Crippen LogP contribution in [0.1, 0.15) is 34.1 Å². The number of amides is 1. The van der Waals surface area contributed by atoms with Crippen molar-refractivity contribution in [3.63, 3.8) is 0 Å². The van der Waals surface area contributed by atoms with Crippen molar-refractivity contribution in [3.8, 4) is 0 Å². The van der Waals surface area contributed by atoms with E-state index in [1.165, 1.54) is 34.8 Å². The van der Waals surface area contributed by atoms with Gasteiger partial charge in [-0.25, -0.2) is 0 Å². The maximum Gasteiger partial charge on any atom is 0.412 e. The molecule has 3 rings (SSSR count). The number of rotatable bonds is 7. The van der Waals surface area contributed by atoms with Gasteiger partial charge in [0.1, 0.15) is 0 Å². The summed E-state index contributed by atoms with van der Waals surface area (Å²) < 4.78 is 41.4. The van der Waals surface area contributed by atoms with Gasteiger partial charge in [0.15, 0.2) is 11.7 Å². The van der Waals surface area contributed by atoms with E-state index in [4.69, 9.17) is 0 Å². The molecule has 28 heavy (non-hydrogen) atoms. The van der Waals surface area contributed by atoms with Gasteiger partial charge in [-0.15, -0.1) is 5.10 Å². The first-order chi connectivity index (χ1) is 13.4. The van der Waals surface area contributed by atoms with Crippen LogP contribution < -0.4 is 5.32 Å². The summed E-state index contributed by atoms with van der Waals surface area (Å²) in [6.07, 6.45) is 0.689. The Morgan fingerprint density at radius 3 is 2.61 bits per heavy atom. The first-order valence-electron chi connectivity index (χ1n) is 8.65. The van der Waals surface area contributed by atoms with Crippen molar-refractivity contribution in [2.24, 2.45) is 0 Å². The second-order valence-corrected chi connectivity index (χ2v) is 6.19. The van der Waals surface area contributed by atoms with Gasteiger partial charge in [-0.2, -0.15) is 13.2 Å². The summed E-state index contributed by atoms with van der Waals surface area (Å²) in [5, 5.41) is 9.48. The van der Waals surface area contributed by atoms with Crippen LogP contribution >= 0.6 is 0 Å². The summed E-state index contributed by atoms with van der Waals surface area (Å²) >= 11 is 0. The minimum atomic E-state index is -4.66. The minimum absolute atomic E-state index is 0.154. The maximum absolute atomic E-state index is 13.3. The molecule has 0 bridgehead atoms. The molecule has 146 valence electrons. The summed E-state index contributed by atoms with van der Waals surface area (Å²) in [6, 6.07) is 10.3. The minimum Gasteiger partial charge on any atom is -0.335 e. The molecule has 1 N–H and O–H groups in total. The lowest BCUT2D eigenvalue weighted by atomic mass is 10.1. The lowest BCUT2D eigenvalue weighted by Gasteiger charge is -2.21. The smallest absolute Gasteiger partial charge is 0.335 e. The molecule has 0 fully saturated rings. The van der Waals surface area contributed by atoms with Crippen molar-refractivity contribution >= 4 is 5.91 Å². The highest BCUT2D eigenvalue weighted by Crippen LogP contribution is 2.32. The molecule has 0 radical (unpaired) electrons. The van der Waals surface area contributed by atoms with Gasteiger partial charge in [0.05, 0.1) is 6.20 Å². The number of alkyl halides is 3. The maximum atomic E-state index is 13.3. The molecule has 0 aliphatic carbocycles. The predicted octanol–water partition coefficient (Wildman–Crippen LogP) is 3.34. The Hall–Kier alpha value is -3.23. The number of pyridine rings is 1. The summed E-state index contributed by atoms with van der Waals surface area (Å²) in [4.78, 5) is 15.9. The number of hydrogen-bond donors (Lipinski definition) is 1. The zero-order valence-corrected chi connectivity index (χ0v) is 14.8. The van der Waals surface area contributed by atoms with E-state index in [9.17, 15) is 18.0 Å². The van der Waals surface area contributed by atoms with Crippen LogP contribution in [0.2, 0.25) is 0 Å². The van der Waals surface area contributed by atoms with E-state index in [1.54, 1.807) is 0 Å². The van der Waals surface area contributed by atoms with Crippen LogP contribution in [0.3, 0.4) is 0 Å². The van der Waals surface area contributed by atoms with Crippen molar-refractivity contribution in [2.75, 3.05) is 0 Å². The van der Waals surface area contributed by atoms with Crippen molar-refractivity contribution < 1.29 is 18.0 Å². The molecular weight excluding hydrogens is 371 g/mol. The third kappa shape index (κ3) is 5.15. The Balaban J connectivity index is 1.61. The predicted molar refractivity (Wildman–Crippen MR) is 95.3 cm³/mol. The highest BCUT2D eigenvalue weighted by atomic mass is 19.4. The largest absolute Gasteiger partial charge is 0.412 e. The second kappa shape index (κ2) is 8.64. The first-order valence-corrected chi connectivity index (χ1v) is 8.65. The summed E-state index contributed by atoms with van der Waals surface area (Å²) in [5.41, 5.74) is 0.849. The van der Waals surface area contributed by atoms with E-state index in [2.05, 4.69) is 15.3 Å². The number of carbonyl (C=O) groups excluding carboxylic acids is 1. The molecule has 0 saturated carbocycles. The molecule has 0 saturated heterocycles. The van der Waals surface area contributed by atoms with Gasteiger partial charge in [0, 0.05) is 24.5 Å². The van der Waals surface area contributed by atoms with E-state index in [1.807, 2.05) is 35.6 Å². The number of aryl methyl sites for hydroxylation is 2. The Labute approximate surface area is 159 Å². The molecule has 3 aromatic rings. The fourth-order valence-electron chi connectivity index (χ4n) is 2.71. The summed E-state index contributed by atoms with van der Waals surface area (Å²) in [6.45, 7) is 0.500. The molecule has 2 heterocycles. The number of halogens is 3. The number of aromatic nitrogens is 4. The van der Waals surface area contributed by atoms with Crippen molar-refractivity contribution in [1.29, 1.82) is 0 Å². The molecule has 2 aromatic heterocycles. The van der Waals surface area contributed by atoms with Crippen LogP contribution in [0.5, 0.6) is 0 Å². The van der Waals surface area contributed by atoms with Gasteiger partial charge >= 0.3 is 6.18 Å². The van der Waals surface area contributed by atoms with E-state index in [0.29, 0.717) is 6.54 Å². The van der Waals surface area contributed by atoms with E-state index in [-0.39, 0.29) is 11.3 Å². The van der Waals surface area contributed by atoms with Crippen molar-refractivity contribution in [1.82, 2.24) is 25.3 Å². The molecule has 6 nitrogen and oxygen atoms in total. The third-order valence-corrected chi connectivity index (χ3v) is 4.09. The zero-order chi connectivity index (χ0) is 20.0. The van der Waals surface area contributed by atoms with Gasteiger partial charge in [-0.1, -0.05) is 41.6 Å². The number of nitrogens with one attached hydrogen (secondary N) is 1. The zero-order valence-electron chi connectivity index (χ0n) is 14.8. The Morgan fingerprint density at radius 1 is 1.14 bits per heavy atom. The van der Waals surface area contributed by atoms with Gasteiger partial charge in [-0.3, -0.25) is 14.5 Å². The van der Waals surface area contributed by atoms with Crippen LogP contribution in [-0.4, -0.2) is 32.1 Å². The standard InChI is InChI=1S/C19H18F3N5O/c20-19(21,22)17(15-9-4-10-23-12-15)24-18(28)16-13-27(26-25-16)11-5-8-14-6-2-1-3-7-14/h1-4,6-7,9-10,12-13,17H,5,8,11H2,(H,24,28)/t17-/m0/s1. The van der Waals surface area contributed by atoms with Gasteiger partial charge in [0.2, 0.25) is 0 Å². The average molecular weight is 389 g/mol. The van der Waals surface area contributed by atoms with Crippen LogP contribution in [-0.2, 0) is 13.0 Å². The van der Waals surface area contributed by atoms with Gasteiger partial charge in [0.25, 0.3) is 5.91 Å². The topological polar surface area (TPSA) is 72.7 Å². The van der Waals surface area contributed by atoms with Crippen molar-refractivity contribution in [3.05, 3.63) is 77.9 Å². The van der Waals surface area contributed by atoms with Crippen LogP contribution in [0.25, 0.3) is 0 Å². The highest BCUT2D eigenvalue weighted by Gasteiger charge is 2.42.